The van der Waals surface area contributed by atoms with Crippen LogP contribution in [-0.4, -0.2) is 75.0 Å². The quantitative estimate of drug-likeness (QED) is 0.228. The summed E-state index contributed by atoms with van der Waals surface area (Å²) in [6.45, 7) is 17.5. The number of halogens is 1. The number of hydrogen-bond donors (Lipinski definition) is 1. The third-order valence-electron chi connectivity index (χ3n) is 9.97. The van der Waals surface area contributed by atoms with Crippen molar-refractivity contribution in [3.63, 3.8) is 0 Å². The monoisotopic (exact) mass is 632 g/mol. The van der Waals surface area contributed by atoms with Crippen LogP contribution in [0, 0.1) is 17.7 Å². The number of carboxylic acids is 1. The van der Waals surface area contributed by atoms with Crippen LogP contribution in [0.3, 0.4) is 0 Å². The van der Waals surface area contributed by atoms with Crippen molar-refractivity contribution >= 4 is 5.97 Å². The van der Waals surface area contributed by atoms with Gasteiger partial charge in [0.1, 0.15) is 23.2 Å². The number of rotatable bonds is 12. The summed E-state index contributed by atoms with van der Waals surface area (Å²) in [5.74, 6) is 0.761. The van der Waals surface area contributed by atoms with E-state index in [4.69, 9.17) is 9.84 Å². The molecule has 1 N–H and O–H groups in total. The molecule has 250 valence electrons. The number of ether oxygens (including phenoxy) is 1. The van der Waals surface area contributed by atoms with Gasteiger partial charge in [0.25, 0.3) is 0 Å². The molecule has 0 bridgehead atoms. The summed E-state index contributed by atoms with van der Waals surface area (Å²) in [4.78, 5) is 17.0. The molecule has 8 heteroatoms. The van der Waals surface area contributed by atoms with Crippen LogP contribution in [0.5, 0.6) is 5.75 Å². The van der Waals surface area contributed by atoms with E-state index in [1.807, 2.05) is 25.1 Å². The minimum Gasteiger partial charge on any atom is -0.488 e. The molecule has 2 fully saturated rings. The van der Waals surface area contributed by atoms with Crippen LogP contribution < -0.4 is 4.74 Å². The molecule has 2 aliphatic heterocycles. The van der Waals surface area contributed by atoms with Crippen molar-refractivity contribution < 1.29 is 19.0 Å². The van der Waals surface area contributed by atoms with E-state index in [-0.39, 0.29) is 29.2 Å². The lowest BCUT2D eigenvalue weighted by Crippen LogP contribution is -2.45. The van der Waals surface area contributed by atoms with Crippen LogP contribution in [0.25, 0.3) is 0 Å². The van der Waals surface area contributed by atoms with Crippen LogP contribution in [0.2, 0.25) is 0 Å². The minimum absolute atomic E-state index is 0.0512. The molecular weight excluding hydrogens is 579 g/mol. The summed E-state index contributed by atoms with van der Waals surface area (Å²) in [6, 6.07) is 17.1. The number of aryl methyl sites for hydroxylation is 1. The molecule has 46 heavy (non-hydrogen) atoms. The van der Waals surface area contributed by atoms with Gasteiger partial charge >= 0.3 is 5.97 Å². The zero-order valence-electron chi connectivity index (χ0n) is 28.6. The topological polar surface area (TPSA) is 70.8 Å². The molecule has 0 spiro atoms. The fraction of sp³-hybridized carbons (Fsp3) is 0.579. The number of likely N-dealkylation sites (tertiary alicyclic amines) is 2. The highest BCUT2D eigenvalue weighted by molar-refractivity contribution is 5.74. The number of piperidine rings is 1. The summed E-state index contributed by atoms with van der Waals surface area (Å²) in [6.07, 6.45) is 3.73. The van der Waals surface area contributed by atoms with Gasteiger partial charge in [-0.1, -0.05) is 44.5 Å². The zero-order chi connectivity index (χ0) is 33.0. The highest BCUT2D eigenvalue weighted by atomic mass is 19.1. The van der Waals surface area contributed by atoms with Crippen molar-refractivity contribution in [3.05, 3.63) is 82.9 Å². The van der Waals surface area contributed by atoms with Gasteiger partial charge in [-0.15, -0.1) is 0 Å². The molecule has 3 heterocycles. The molecule has 2 aliphatic rings. The average molecular weight is 633 g/mol. The molecule has 4 atom stereocenters. The fourth-order valence-corrected chi connectivity index (χ4v) is 7.55. The first-order valence-corrected chi connectivity index (χ1v) is 17.2. The number of carboxylic acid groups (broad SMARTS) is 1. The van der Waals surface area contributed by atoms with Gasteiger partial charge in [0, 0.05) is 50.1 Å². The largest absolute Gasteiger partial charge is 0.488 e. The Balaban J connectivity index is 1.23. The Bertz CT molecular complexity index is 1440. The summed E-state index contributed by atoms with van der Waals surface area (Å²) in [7, 11) is 0. The third-order valence-corrected chi connectivity index (χ3v) is 9.97. The maximum absolute atomic E-state index is 14.3. The predicted molar refractivity (Wildman–Crippen MR) is 181 cm³/mol. The van der Waals surface area contributed by atoms with Crippen LogP contribution in [0.1, 0.15) is 95.2 Å². The normalized spacial score (nSPS) is 21.4. The molecule has 2 saturated heterocycles. The SMILES string of the molecule is CC[C@H](C)[C@H](C(=O)O)N1C[C@H](CN2CCC(c3cc(Cc4ccc(OC(C)(C)C)cc4)nn3CC)CC2)[C@@H](c2cccc(F)c2)C1. The number of benzene rings is 2. The first-order chi connectivity index (χ1) is 21.9. The number of aliphatic carboxylic acids is 1. The molecule has 2 aromatic carbocycles. The molecule has 1 aromatic heterocycles. The second-order valence-electron chi connectivity index (χ2n) is 14.5. The smallest absolute Gasteiger partial charge is 0.321 e. The molecule has 0 saturated carbocycles. The lowest BCUT2D eigenvalue weighted by atomic mass is 9.87. The van der Waals surface area contributed by atoms with Gasteiger partial charge in [-0.25, -0.2) is 4.39 Å². The van der Waals surface area contributed by atoms with Gasteiger partial charge in [0.05, 0.1) is 5.69 Å². The number of aromatic nitrogens is 2. The third kappa shape index (κ3) is 8.37. The van der Waals surface area contributed by atoms with E-state index < -0.39 is 12.0 Å². The van der Waals surface area contributed by atoms with E-state index in [9.17, 15) is 14.3 Å². The summed E-state index contributed by atoms with van der Waals surface area (Å²) >= 11 is 0. The van der Waals surface area contributed by atoms with Gasteiger partial charge in [-0.2, -0.15) is 5.10 Å². The van der Waals surface area contributed by atoms with Crippen molar-refractivity contribution in [2.45, 2.75) is 97.2 Å². The van der Waals surface area contributed by atoms with E-state index in [2.05, 4.69) is 67.3 Å². The second kappa shape index (κ2) is 14.7. The minimum atomic E-state index is -0.757. The van der Waals surface area contributed by atoms with E-state index in [0.29, 0.717) is 12.5 Å². The standard InChI is InChI=1S/C38H53FN4O3/c1-7-26(3)36(37(44)45)42-24-30(34(25-42)29-10-9-11-31(39)21-29)23-41-18-16-28(17-19-41)35-22-32(40-43(35)8-2)20-27-12-14-33(15-13-27)46-38(4,5)6/h9-15,21-22,26,28,30,34,36H,7-8,16-20,23-25H2,1-6H3,(H,44,45)/t26-,30-,34+,36+/m0/s1. The molecule has 0 aliphatic carbocycles. The predicted octanol–water partition coefficient (Wildman–Crippen LogP) is 7.20. The highest BCUT2D eigenvalue weighted by Crippen LogP contribution is 2.38. The van der Waals surface area contributed by atoms with Gasteiger partial charge in [0.2, 0.25) is 0 Å². The Morgan fingerprint density at radius 2 is 1.78 bits per heavy atom. The highest BCUT2D eigenvalue weighted by Gasteiger charge is 2.42. The van der Waals surface area contributed by atoms with Crippen molar-refractivity contribution in [1.82, 2.24) is 19.6 Å². The first kappa shape index (κ1) is 34.1. The van der Waals surface area contributed by atoms with E-state index >= 15 is 0 Å². The van der Waals surface area contributed by atoms with E-state index in [0.717, 1.165) is 75.4 Å². The van der Waals surface area contributed by atoms with Crippen molar-refractivity contribution in [3.8, 4) is 5.75 Å². The maximum Gasteiger partial charge on any atom is 0.321 e. The molecule has 3 aromatic rings. The van der Waals surface area contributed by atoms with Crippen LogP contribution in [-0.2, 0) is 17.8 Å². The lowest BCUT2D eigenvalue weighted by molar-refractivity contribution is -0.145. The van der Waals surface area contributed by atoms with Crippen molar-refractivity contribution in [2.24, 2.45) is 11.8 Å². The lowest BCUT2D eigenvalue weighted by Gasteiger charge is -2.35. The van der Waals surface area contributed by atoms with Crippen LogP contribution in [0.4, 0.5) is 4.39 Å². The summed E-state index contributed by atoms with van der Waals surface area (Å²) < 4.78 is 22.5. The fourth-order valence-electron chi connectivity index (χ4n) is 7.55. The summed E-state index contributed by atoms with van der Waals surface area (Å²) in [5, 5.41) is 15.1. The first-order valence-electron chi connectivity index (χ1n) is 17.2. The van der Waals surface area contributed by atoms with Gasteiger partial charge in [-0.05, 0) is 107 Å². The van der Waals surface area contributed by atoms with Gasteiger partial charge < -0.3 is 14.7 Å². The number of carbonyl (C=O) groups is 1. The molecular formula is C38H53FN4O3. The molecule has 0 unspecified atom stereocenters. The number of nitrogens with zero attached hydrogens (tertiary/aromatic N) is 4. The number of hydrogen-bond acceptors (Lipinski definition) is 5. The Hall–Kier alpha value is -3.23. The van der Waals surface area contributed by atoms with Crippen LogP contribution >= 0.6 is 0 Å². The Morgan fingerprint density at radius 3 is 2.39 bits per heavy atom. The average Bonchev–Trinajstić information content (AvgIpc) is 3.61. The van der Waals surface area contributed by atoms with Crippen molar-refractivity contribution in [1.29, 1.82) is 0 Å². The van der Waals surface area contributed by atoms with Crippen LogP contribution in [0.15, 0.2) is 54.6 Å². The van der Waals surface area contributed by atoms with E-state index in [1.54, 1.807) is 12.1 Å². The molecule has 0 radical (unpaired) electrons. The van der Waals surface area contributed by atoms with Crippen molar-refractivity contribution in [2.75, 3.05) is 32.7 Å². The Labute approximate surface area is 274 Å². The zero-order valence-corrected chi connectivity index (χ0v) is 28.6. The summed E-state index contributed by atoms with van der Waals surface area (Å²) in [5.41, 5.74) is 4.41. The maximum atomic E-state index is 14.3. The molecule has 5 rings (SSSR count). The second-order valence-corrected chi connectivity index (χ2v) is 14.5. The Morgan fingerprint density at radius 1 is 1.07 bits per heavy atom. The molecule has 7 nitrogen and oxygen atoms in total. The van der Waals surface area contributed by atoms with E-state index in [1.165, 1.54) is 17.3 Å². The van der Waals surface area contributed by atoms with Gasteiger partial charge in [0.15, 0.2) is 0 Å². The van der Waals surface area contributed by atoms with Gasteiger partial charge in [-0.3, -0.25) is 14.4 Å². The molecule has 0 amide bonds. The Kier molecular flexibility index (Phi) is 10.9.